The molecule has 3 N–H and O–H groups in total. The first-order valence-electron chi connectivity index (χ1n) is 9.42. The van der Waals surface area contributed by atoms with E-state index in [1.54, 1.807) is 0 Å². The van der Waals surface area contributed by atoms with E-state index in [-0.39, 0.29) is 6.10 Å². The van der Waals surface area contributed by atoms with Crippen LogP contribution in [0.2, 0.25) is 0 Å². The number of rotatable bonds is 5. The molecule has 0 spiro atoms. The van der Waals surface area contributed by atoms with Crippen molar-refractivity contribution < 1.29 is 9.59 Å². The molecular weight excluding hydrogens is 260 g/mol. The summed E-state index contributed by atoms with van der Waals surface area (Å²) in [4.78, 5) is 0. The van der Waals surface area contributed by atoms with Crippen LogP contribution in [0.3, 0.4) is 0 Å². The Kier molecular flexibility index (Phi) is 4.92. The van der Waals surface area contributed by atoms with Crippen molar-refractivity contribution in [3.63, 3.8) is 0 Å². The van der Waals surface area contributed by atoms with E-state index in [0.717, 1.165) is 24.8 Å². The van der Waals surface area contributed by atoms with E-state index < -0.39 is 0 Å². The number of piperidine rings is 1. The van der Waals surface area contributed by atoms with Crippen molar-refractivity contribution in [3.8, 4) is 0 Å². The summed E-state index contributed by atoms with van der Waals surface area (Å²) in [6, 6.07) is 1.13. The molecule has 0 amide bonds. The number of hydrogen-bond acceptors (Lipinski definition) is 2. The number of quaternary nitrogens is 1. The lowest BCUT2D eigenvalue weighted by molar-refractivity contribution is -0.962. The van der Waals surface area contributed by atoms with Gasteiger partial charge in [-0.05, 0) is 51.4 Å². The lowest BCUT2D eigenvalue weighted by atomic mass is 9.80. The lowest BCUT2D eigenvalue weighted by Crippen LogP contribution is -2.67. The normalized spacial score (nSPS) is 40.1. The summed E-state index contributed by atoms with van der Waals surface area (Å²) in [5, 5.41) is 10.4. The second-order valence-electron chi connectivity index (χ2n) is 8.23. The fourth-order valence-electron chi connectivity index (χ4n) is 5.40. The Balaban J connectivity index is 1.78. The van der Waals surface area contributed by atoms with Gasteiger partial charge in [0, 0.05) is 11.8 Å². The molecule has 0 radical (unpaired) electrons. The Morgan fingerprint density at radius 1 is 1.10 bits per heavy atom. The van der Waals surface area contributed by atoms with E-state index in [1.165, 1.54) is 69.1 Å². The standard InChI is InChI=1S/C18H35N2O/c1-2-18(21)15-10-16(19)13-20(12-15,11-14-6-5-7-14)17-8-3-4-9-17/h14-18,21H,2-13,19H2,1H3/q+1. The van der Waals surface area contributed by atoms with Crippen LogP contribution in [0, 0.1) is 11.8 Å². The van der Waals surface area contributed by atoms with Crippen LogP contribution in [0.1, 0.15) is 64.7 Å². The summed E-state index contributed by atoms with van der Waals surface area (Å²) in [5.74, 6) is 1.37. The van der Waals surface area contributed by atoms with Crippen LogP contribution in [0.15, 0.2) is 0 Å². The summed E-state index contributed by atoms with van der Waals surface area (Å²) in [6.45, 7) is 5.84. The largest absolute Gasteiger partial charge is 0.393 e. The van der Waals surface area contributed by atoms with Crippen LogP contribution in [0.5, 0.6) is 0 Å². The van der Waals surface area contributed by atoms with Crippen molar-refractivity contribution in [2.45, 2.75) is 82.9 Å². The van der Waals surface area contributed by atoms with Crippen LogP contribution in [0.25, 0.3) is 0 Å². The minimum Gasteiger partial charge on any atom is -0.393 e. The Bertz CT molecular complexity index is 338. The Morgan fingerprint density at radius 3 is 2.38 bits per heavy atom. The lowest BCUT2D eigenvalue weighted by Gasteiger charge is -2.53. The summed E-state index contributed by atoms with van der Waals surface area (Å²) >= 11 is 0. The fraction of sp³-hybridized carbons (Fsp3) is 1.00. The molecule has 0 bridgehead atoms. The van der Waals surface area contributed by atoms with Crippen LogP contribution in [-0.2, 0) is 0 Å². The quantitative estimate of drug-likeness (QED) is 0.766. The summed E-state index contributed by atoms with van der Waals surface area (Å²) in [6.07, 6.45) is 11.7. The van der Waals surface area contributed by atoms with Gasteiger partial charge in [0.25, 0.3) is 0 Å². The fourth-order valence-corrected chi connectivity index (χ4v) is 5.40. The molecule has 1 saturated heterocycles. The summed E-state index contributed by atoms with van der Waals surface area (Å²) in [5.41, 5.74) is 6.47. The van der Waals surface area contributed by atoms with Crippen LogP contribution >= 0.6 is 0 Å². The molecule has 4 atom stereocenters. The molecule has 1 heterocycles. The Morgan fingerprint density at radius 2 is 1.81 bits per heavy atom. The van der Waals surface area contributed by atoms with Crippen LogP contribution in [0.4, 0.5) is 0 Å². The maximum atomic E-state index is 10.4. The zero-order valence-corrected chi connectivity index (χ0v) is 13.8. The minimum atomic E-state index is -0.142. The highest BCUT2D eigenvalue weighted by atomic mass is 16.3. The molecule has 4 unspecified atom stereocenters. The highest BCUT2D eigenvalue weighted by Gasteiger charge is 2.47. The van der Waals surface area contributed by atoms with Gasteiger partial charge in [-0.25, -0.2) is 0 Å². The monoisotopic (exact) mass is 295 g/mol. The van der Waals surface area contributed by atoms with Gasteiger partial charge in [-0.3, -0.25) is 0 Å². The van der Waals surface area contributed by atoms with Gasteiger partial charge in [-0.1, -0.05) is 13.3 Å². The van der Waals surface area contributed by atoms with E-state index in [4.69, 9.17) is 5.73 Å². The third-order valence-corrected chi connectivity index (χ3v) is 6.71. The molecular formula is C18H35N2O+. The van der Waals surface area contributed by atoms with Crippen LogP contribution in [-0.4, -0.2) is 47.4 Å². The van der Waals surface area contributed by atoms with E-state index in [1.807, 2.05) is 0 Å². The van der Waals surface area contributed by atoms with E-state index in [0.29, 0.717) is 12.0 Å². The minimum absolute atomic E-state index is 0.142. The molecule has 2 saturated carbocycles. The first-order valence-corrected chi connectivity index (χ1v) is 9.42. The second kappa shape index (κ2) is 6.55. The SMILES string of the molecule is CCC(O)C1CC(N)C[N+](CC2CCC2)(C2CCCC2)C1. The van der Waals surface area contributed by atoms with Gasteiger partial charge in [-0.2, -0.15) is 0 Å². The number of aliphatic hydroxyl groups is 1. The zero-order valence-electron chi connectivity index (χ0n) is 13.8. The highest BCUT2D eigenvalue weighted by Crippen LogP contribution is 2.40. The molecule has 1 aliphatic heterocycles. The zero-order chi connectivity index (χ0) is 14.9. The van der Waals surface area contributed by atoms with Gasteiger partial charge in [-0.15, -0.1) is 0 Å². The van der Waals surface area contributed by atoms with E-state index >= 15 is 0 Å². The molecule has 21 heavy (non-hydrogen) atoms. The number of nitrogens with two attached hydrogens (primary N) is 1. The second-order valence-corrected chi connectivity index (χ2v) is 8.23. The predicted molar refractivity (Wildman–Crippen MR) is 86.8 cm³/mol. The van der Waals surface area contributed by atoms with Crippen molar-refractivity contribution in [1.29, 1.82) is 0 Å². The molecule has 122 valence electrons. The van der Waals surface area contributed by atoms with Crippen LogP contribution < -0.4 is 5.73 Å². The van der Waals surface area contributed by atoms with E-state index in [2.05, 4.69) is 6.92 Å². The van der Waals surface area contributed by atoms with Gasteiger partial charge >= 0.3 is 0 Å². The molecule has 3 nitrogen and oxygen atoms in total. The predicted octanol–water partition coefficient (Wildman–Crippen LogP) is 2.66. The molecule has 3 fully saturated rings. The van der Waals surface area contributed by atoms with Gasteiger partial charge < -0.3 is 15.3 Å². The molecule has 0 aromatic heterocycles. The Labute approximate surface area is 130 Å². The first kappa shape index (κ1) is 15.8. The third kappa shape index (κ3) is 3.30. The van der Waals surface area contributed by atoms with Crippen molar-refractivity contribution in [2.24, 2.45) is 17.6 Å². The van der Waals surface area contributed by atoms with Gasteiger partial charge in [0.1, 0.15) is 0 Å². The summed E-state index contributed by atoms with van der Waals surface area (Å²) < 4.78 is 1.26. The van der Waals surface area contributed by atoms with Gasteiger partial charge in [0.2, 0.25) is 0 Å². The number of nitrogens with zero attached hydrogens (tertiary/aromatic N) is 1. The molecule has 3 heteroatoms. The van der Waals surface area contributed by atoms with Crippen molar-refractivity contribution in [3.05, 3.63) is 0 Å². The molecule has 3 rings (SSSR count). The molecule has 0 aromatic carbocycles. The van der Waals surface area contributed by atoms with Crippen molar-refractivity contribution in [1.82, 2.24) is 0 Å². The average Bonchev–Trinajstić information content (AvgIpc) is 2.96. The number of likely N-dealkylation sites (tertiary alicyclic amines) is 1. The first-order chi connectivity index (χ1) is 10.1. The maximum Gasteiger partial charge on any atom is 0.0942 e. The van der Waals surface area contributed by atoms with E-state index in [9.17, 15) is 5.11 Å². The third-order valence-electron chi connectivity index (χ3n) is 6.71. The summed E-state index contributed by atoms with van der Waals surface area (Å²) in [7, 11) is 0. The molecule has 2 aliphatic carbocycles. The Hall–Kier alpha value is -0.120. The van der Waals surface area contributed by atoms with Crippen molar-refractivity contribution >= 4 is 0 Å². The number of hydrogen-bond donors (Lipinski definition) is 2. The highest BCUT2D eigenvalue weighted by molar-refractivity contribution is 4.84. The number of aliphatic hydroxyl groups excluding tert-OH is 1. The molecule has 3 aliphatic rings. The average molecular weight is 295 g/mol. The molecule has 0 aromatic rings. The van der Waals surface area contributed by atoms with Gasteiger partial charge in [0.05, 0.1) is 37.8 Å². The smallest absolute Gasteiger partial charge is 0.0942 e. The topological polar surface area (TPSA) is 46.2 Å². The van der Waals surface area contributed by atoms with Gasteiger partial charge in [0.15, 0.2) is 0 Å². The maximum absolute atomic E-state index is 10.4. The van der Waals surface area contributed by atoms with Crippen molar-refractivity contribution in [2.75, 3.05) is 19.6 Å².